The molecule has 21 heavy (non-hydrogen) atoms. The van der Waals surface area contributed by atoms with E-state index in [2.05, 4.69) is 6.07 Å². The largest absolute Gasteiger partial charge is 0.327 e. The van der Waals surface area contributed by atoms with Gasteiger partial charge in [0.05, 0.1) is 0 Å². The van der Waals surface area contributed by atoms with E-state index in [4.69, 9.17) is 5.73 Å². The van der Waals surface area contributed by atoms with Crippen molar-refractivity contribution < 1.29 is 8.42 Å². The second kappa shape index (κ2) is 6.62. The Kier molecular flexibility index (Phi) is 5.27. The lowest BCUT2D eigenvalue weighted by atomic mass is 10.0. The van der Waals surface area contributed by atoms with Crippen LogP contribution < -0.4 is 5.73 Å². The van der Waals surface area contributed by atoms with E-state index in [0.29, 0.717) is 26.2 Å². The molecular weight excluding hydrogens is 310 g/mol. The standard InChI is InChI=1S/C14H21N3O2S.ClH/c15-14-6-3-8-16(11-14)20(18,19)17-9-7-12-4-1-2-5-13(12)10-17;/h1-2,4-5,14H,3,6-11,15H2;1H. The summed E-state index contributed by atoms with van der Waals surface area (Å²) in [5.41, 5.74) is 8.28. The summed E-state index contributed by atoms with van der Waals surface area (Å²) < 4.78 is 28.5. The Morgan fingerprint density at radius 1 is 1.10 bits per heavy atom. The quantitative estimate of drug-likeness (QED) is 0.883. The Morgan fingerprint density at radius 2 is 1.81 bits per heavy atom. The van der Waals surface area contributed by atoms with Crippen LogP contribution in [0.4, 0.5) is 0 Å². The van der Waals surface area contributed by atoms with E-state index in [1.54, 1.807) is 8.61 Å². The Balaban J connectivity index is 0.00000161. The zero-order valence-corrected chi connectivity index (χ0v) is 13.6. The van der Waals surface area contributed by atoms with Crippen LogP contribution in [-0.4, -0.2) is 42.7 Å². The number of benzene rings is 1. The smallest absolute Gasteiger partial charge is 0.282 e. The Bertz CT molecular complexity index is 594. The molecule has 1 aromatic carbocycles. The molecule has 0 aliphatic carbocycles. The van der Waals surface area contributed by atoms with Gasteiger partial charge in [-0.1, -0.05) is 24.3 Å². The first-order valence-electron chi connectivity index (χ1n) is 7.15. The van der Waals surface area contributed by atoms with Gasteiger partial charge in [-0.3, -0.25) is 0 Å². The molecule has 2 N–H and O–H groups in total. The second-order valence-corrected chi connectivity index (χ2v) is 7.55. The number of hydrogen-bond acceptors (Lipinski definition) is 3. The van der Waals surface area contributed by atoms with Crippen LogP contribution in [0.5, 0.6) is 0 Å². The summed E-state index contributed by atoms with van der Waals surface area (Å²) in [5.74, 6) is 0. The first-order chi connectivity index (χ1) is 9.57. The van der Waals surface area contributed by atoms with Gasteiger partial charge in [-0.15, -0.1) is 12.4 Å². The van der Waals surface area contributed by atoms with Crippen molar-refractivity contribution in [3.63, 3.8) is 0 Å². The highest BCUT2D eigenvalue weighted by Gasteiger charge is 2.34. The second-order valence-electron chi connectivity index (χ2n) is 5.62. The number of piperidine rings is 1. The molecule has 2 aliphatic heterocycles. The van der Waals surface area contributed by atoms with E-state index in [-0.39, 0.29) is 18.4 Å². The van der Waals surface area contributed by atoms with Gasteiger partial charge in [-0.25, -0.2) is 0 Å². The molecule has 2 heterocycles. The zero-order valence-electron chi connectivity index (χ0n) is 11.9. The summed E-state index contributed by atoms with van der Waals surface area (Å²) >= 11 is 0. The highest BCUT2D eigenvalue weighted by Crippen LogP contribution is 2.24. The predicted octanol–water partition coefficient (Wildman–Crippen LogP) is 1.13. The third-order valence-electron chi connectivity index (χ3n) is 4.17. The number of halogens is 1. The van der Waals surface area contributed by atoms with Crippen molar-refractivity contribution in [2.24, 2.45) is 5.73 Å². The van der Waals surface area contributed by atoms with Gasteiger partial charge in [0.15, 0.2) is 0 Å². The molecule has 1 aromatic rings. The topological polar surface area (TPSA) is 66.6 Å². The van der Waals surface area contributed by atoms with Crippen LogP contribution >= 0.6 is 12.4 Å². The summed E-state index contributed by atoms with van der Waals surface area (Å²) in [6, 6.07) is 8.03. The van der Waals surface area contributed by atoms with Crippen molar-refractivity contribution in [3.05, 3.63) is 35.4 Å². The molecule has 0 saturated carbocycles. The highest BCUT2D eigenvalue weighted by molar-refractivity contribution is 7.86. The van der Waals surface area contributed by atoms with Gasteiger partial charge >= 0.3 is 0 Å². The average molecular weight is 332 g/mol. The molecule has 0 spiro atoms. The van der Waals surface area contributed by atoms with E-state index in [0.717, 1.165) is 24.8 Å². The molecule has 0 aromatic heterocycles. The molecule has 118 valence electrons. The van der Waals surface area contributed by atoms with E-state index in [9.17, 15) is 8.42 Å². The minimum absolute atomic E-state index is 0. The summed E-state index contributed by atoms with van der Waals surface area (Å²) in [7, 11) is -3.37. The van der Waals surface area contributed by atoms with Crippen molar-refractivity contribution in [2.45, 2.75) is 31.8 Å². The molecule has 1 unspecified atom stereocenters. The van der Waals surface area contributed by atoms with E-state index < -0.39 is 10.2 Å². The lowest BCUT2D eigenvalue weighted by Gasteiger charge is -2.36. The maximum atomic E-state index is 12.7. The molecular formula is C14H22ClN3O2S. The van der Waals surface area contributed by atoms with Gasteiger partial charge in [-0.05, 0) is 30.4 Å². The summed E-state index contributed by atoms with van der Waals surface area (Å²) in [6.07, 6.45) is 2.55. The third kappa shape index (κ3) is 3.40. The fourth-order valence-corrected chi connectivity index (χ4v) is 4.70. The van der Waals surface area contributed by atoms with Crippen LogP contribution in [0.25, 0.3) is 0 Å². The van der Waals surface area contributed by atoms with Crippen molar-refractivity contribution in [2.75, 3.05) is 19.6 Å². The van der Waals surface area contributed by atoms with Crippen LogP contribution in [-0.2, 0) is 23.2 Å². The van der Waals surface area contributed by atoms with Crippen LogP contribution in [0.3, 0.4) is 0 Å². The van der Waals surface area contributed by atoms with Crippen LogP contribution in [0.15, 0.2) is 24.3 Å². The minimum Gasteiger partial charge on any atom is -0.327 e. The van der Waals surface area contributed by atoms with E-state index in [1.807, 2.05) is 18.2 Å². The number of fused-ring (bicyclic) bond motifs is 1. The van der Waals surface area contributed by atoms with Gasteiger partial charge in [0.1, 0.15) is 0 Å². The van der Waals surface area contributed by atoms with Gasteiger partial charge in [0, 0.05) is 32.2 Å². The Labute approximate surface area is 132 Å². The lowest BCUT2D eigenvalue weighted by Crippen LogP contribution is -2.52. The van der Waals surface area contributed by atoms with Gasteiger partial charge < -0.3 is 5.73 Å². The Morgan fingerprint density at radius 3 is 2.52 bits per heavy atom. The Hall–Kier alpha value is -0.660. The SMILES string of the molecule is Cl.NC1CCCN(S(=O)(=O)N2CCc3ccccc3C2)C1. The zero-order chi connectivity index (χ0) is 14.2. The molecule has 1 atom stereocenters. The number of nitrogens with zero attached hydrogens (tertiary/aromatic N) is 2. The van der Waals surface area contributed by atoms with Gasteiger partial charge in [0.2, 0.25) is 0 Å². The number of nitrogens with two attached hydrogens (primary N) is 1. The van der Waals surface area contributed by atoms with Gasteiger partial charge in [0.25, 0.3) is 10.2 Å². The van der Waals surface area contributed by atoms with E-state index in [1.165, 1.54) is 5.56 Å². The maximum Gasteiger partial charge on any atom is 0.282 e. The van der Waals surface area contributed by atoms with Crippen molar-refractivity contribution >= 4 is 22.6 Å². The molecule has 1 saturated heterocycles. The maximum absolute atomic E-state index is 12.7. The fourth-order valence-electron chi connectivity index (χ4n) is 3.01. The normalized spacial score (nSPS) is 24.1. The predicted molar refractivity (Wildman–Crippen MR) is 85.5 cm³/mol. The molecule has 0 bridgehead atoms. The van der Waals surface area contributed by atoms with Crippen molar-refractivity contribution in [3.8, 4) is 0 Å². The van der Waals surface area contributed by atoms with Crippen molar-refractivity contribution in [1.29, 1.82) is 0 Å². The first kappa shape index (κ1) is 16.7. The van der Waals surface area contributed by atoms with Crippen LogP contribution in [0, 0.1) is 0 Å². The number of hydrogen-bond donors (Lipinski definition) is 1. The molecule has 3 rings (SSSR count). The molecule has 2 aliphatic rings. The summed E-state index contributed by atoms with van der Waals surface area (Å²) in [6.45, 7) is 2.07. The summed E-state index contributed by atoms with van der Waals surface area (Å²) in [5, 5.41) is 0. The third-order valence-corrected chi connectivity index (χ3v) is 6.12. The average Bonchev–Trinajstić information content (AvgIpc) is 2.46. The molecule has 1 fully saturated rings. The van der Waals surface area contributed by atoms with Crippen LogP contribution in [0.1, 0.15) is 24.0 Å². The first-order valence-corrected chi connectivity index (χ1v) is 8.54. The fraction of sp³-hybridized carbons (Fsp3) is 0.571. The minimum atomic E-state index is -3.37. The highest BCUT2D eigenvalue weighted by atomic mass is 35.5. The molecule has 0 radical (unpaired) electrons. The molecule has 5 nitrogen and oxygen atoms in total. The summed E-state index contributed by atoms with van der Waals surface area (Å²) in [4.78, 5) is 0. The number of rotatable bonds is 2. The van der Waals surface area contributed by atoms with E-state index >= 15 is 0 Å². The van der Waals surface area contributed by atoms with Crippen LogP contribution in [0.2, 0.25) is 0 Å². The van der Waals surface area contributed by atoms with Gasteiger partial charge in [-0.2, -0.15) is 17.0 Å². The van der Waals surface area contributed by atoms with Crippen molar-refractivity contribution in [1.82, 2.24) is 8.61 Å². The lowest BCUT2D eigenvalue weighted by molar-refractivity contribution is 0.277. The monoisotopic (exact) mass is 331 g/mol. The molecule has 0 amide bonds. The molecule has 7 heteroatoms.